The van der Waals surface area contributed by atoms with Crippen LogP contribution in [0.2, 0.25) is 10.0 Å². The number of sulfonamides is 1. The van der Waals surface area contributed by atoms with Crippen LogP contribution in [-0.2, 0) is 24.3 Å². The largest absolute Gasteiger partial charge is 0.493 e. The minimum Gasteiger partial charge on any atom is -0.493 e. The van der Waals surface area contributed by atoms with Crippen LogP contribution in [0.1, 0.15) is 35.7 Å². The summed E-state index contributed by atoms with van der Waals surface area (Å²) in [7, 11) is -1.07. The highest BCUT2D eigenvalue weighted by molar-refractivity contribution is 7.89. The van der Waals surface area contributed by atoms with Crippen molar-refractivity contribution in [2.45, 2.75) is 23.9 Å². The maximum absolute atomic E-state index is 14.7. The number of piperazine rings is 1. The van der Waals surface area contributed by atoms with Gasteiger partial charge in [-0.05, 0) is 60.5 Å². The molecule has 262 valence electrons. The highest BCUT2D eigenvalue weighted by Crippen LogP contribution is 2.46. The molecule has 12 nitrogen and oxygen atoms in total. The normalized spacial score (nSPS) is 18.1. The molecule has 3 aromatic rings. The van der Waals surface area contributed by atoms with Gasteiger partial charge in [-0.3, -0.25) is 14.7 Å². The van der Waals surface area contributed by atoms with E-state index in [2.05, 4.69) is 5.32 Å². The number of urea groups is 1. The maximum atomic E-state index is 14.7. The molecule has 2 heterocycles. The lowest BCUT2D eigenvalue weighted by atomic mass is 9.93. The van der Waals surface area contributed by atoms with E-state index < -0.39 is 28.1 Å². The Morgan fingerprint density at radius 2 is 1.57 bits per heavy atom. The Labute approximate surface area is 296 Å². The second kappa shape index (κ2) is 16.3. The van der Waals surface area contributed by atoms with Crippen LogP contribution >= 0.6 is 23.2 Å². The van der Waals surface area contributed by atoms with Gasteiger partial charge >= 0.3 is 6.03 Å². The van der Waals surface area contributed by atoms with Crippen molar-refractivity contribution in [2.24, 2.45) is 4.99 Å². The number of benzene rings is 3. The summed E-state index contributed by atoms with van der Waals surface area (Å²) in [4.78, 5) is 35.2. The maximum Gasteiger partial charge on any atom is 0.326 e. The van der Waals surface area contributed by atoms with Crippen LogP contribution in [0, 0.1) is 0 Å². The van der Waals surface area contributed by atoms with E-state index in [0.29, 0.717) is 21.4 Å². The molecule has 3 aromatic carbocycles. The number of hydrogen-bond acceptors (Lipinski definition) is 8. The van der Waals surface area contributed by atoms with Crippen LogP contribution in [0.15, 0.2) is 76.6 Å². The topological polar surface area (TPSA) is 130 Å². The quantitative estimate of drug-likeness (QED) is 0.268. The number of carbonyl (C=O) groups excluding carboxylic acids is 2. The van der Waals surface area contributed by atoms with Gasteiger partial charge in [-0.25, -0.2) is 13.2 Å². The SMILES string of the molecule is CCOc1ccc(S(=O)(=O)N(CCOC)CCOC)cc1C1=NC(c2ccc(Cl)cc2)C(c2ccc(Cl)cc2)N1C(=O)N1CCNC(=O)C1. The fourth-order valence-electron chi connectivity index (χ4n) is 5.82. The van der Waals surface area contributed by atoms with Crippen LogP contribution in [0.4, 0.5) is 4.79 Å². The predicted octanol–water partition coefficient (Wildman–Crippen LogP) is 4.77. The van der Waals surface area contributed by atoms with Gasteiger partial charge in [0, 0.05) is 50.4 Å². The minimum absolute atomic E-state index is 0.0244. The van der Waals surface area contributed by atoms with E-state index in [9.17, 15) is 18.0 Å². The molecule has 2 aliphatic heterocycles. The molecule has 2 unspecified atom stereocenters. The number of methoxy groups -OCH3 is 2. The number of halogens is 2. The summed E-state index contributed by atoms with van der Waals surface area (Å²) in [5, 5.41) is 3.81. The lowest BCUT2D eigenvalue weighted by Crippen LogP contribution is -2.55. The number of ether oxygens (including phenoxy) is 3. The van der Waals surface area contributed by atoms with E-state index in [0.717, 1.165) is 11.1 Å². The fraction of sp³-hybridized carbons (Fsp3) is 0.382. The van der Waals surface area contributed by atoms with Crippen LogP contribution in [0.5, 0.6) is 5.75 Å². The zero-order valence-corrected chi connectivity index (χ0v) is 29.8. The van der Waals surface area contributed by atoms with Gasteiger partial charge in [-0.15, -0.1) is 0 Å². The van der Waals surface area contributed by atoms with Crippen molar-refractivity contribution in [2.75, 3.05) is 66.8 Å². The number of amidine groups is 1. The lowest BCUT2D eigenvalue weighted by Gasteiger charge is -2.36. The van der Waals surface area contributed by atoms with E-state index in [-0.39, 0.29) is 69.2 Å². The van der Waals surface area contributed by atoms with Crippen molar-refractivity contribution < 1.29 is 32.2 Å². The summed E-state index contributed by atoms with van der Waals surface area (Å²) < 4.78 is 45.9. The number of amides is 3. The first-order valence-corrected chi connectivity index (χ1v) is 18.0. The standard InChI is InChI=1S/C34H39Cl2N5O7S/c1-4-48-29-14-13-27(49(44,45)40(17-19-46-2)18-20-47-3)21-28(29)33-38-31(23-5-9-25(35)10-6-23)32(24-7-11-26(36)12-8-24)41(33)34(43)39-16-15-37-30(42)22-39/h5-14,21,31-32H,4,15-20,22H2,1-3H3,(H,37,42). The van der Waals surface area contributed by atoms with E-state index in [1.54, 1.807) is 30.3 Å². The first-order valence-electron chi connectivity index (χ1n) is 15.8. The highest BCUT2D eigenvalue weighted by Gasteiger charge is 2.45. The van der Waals surface area contributed by atoms with Crippen molar-refractivity contribution in [1.29, 1.82) is 0 Å². The number of nitrogens with zero attached hydrogens (tertiary/aromatic N) is 4. The Hall–Kier alpha value is -3.72. The zero-order valence-electron chi connectivity index (χ0n) is 27.5. The Morgan fingerprint density at radius 3 is 2.14 bits per heavy atom. The minimum atomic E-state index is -4.07. The molecule has 5 rings (SSSR count). The zero-order chi connectivity index (χ0) is 35.1. The second-order valence-electron chi connectivity index (χ2n) is 11.4. The predicted molar refractivity (Wildman–Crippen MR) is 187 cm³/mol. The molecule has 15 heteroatoms. The Balaban J connectivity index is 1.72. The monoisotopic (exact) mass is 731 g/mol. The Kier molecular flexibility index (Phi) is 12.2. The third kappa shape index (κ3) is 8.19. The van der Waals surface area contributed by atoms with Gasteiger partial charge in [-0.1, -0.05) is 47.5 Å². The van der Waals surface area contributed by atoms with Gasteiger partial charge in [0.2, 0.25) is 15.9 Å². The summed E-state index contributed by atoms with van der Waals surface area (Å²) in [6.07, 6.45) is 0. The Bertz CT molecular complexity index is 1770. The summed E-state index contributed by atoms with van der Waals surface area (Å²) in [6.45, 7) is 3.04. The molecule has 1 N–H and O–H groups in total. The van der Waals surface area contributed by atoms with E-state index in [4.69, 9.17) is 42.4 Å². The second-order valence-corrected chi connectivity index (χ2v) is 14.2. The van der Waals surface area contributed by atoms with Crippen molar-refractivity contribution in [1.82, 2.24) is 19.4 Å². The summed E-state index contributed by atoms with van der Waals surface area (Å²) >= 11 is 12.5. The molecule has 1 fully saturated rings. The molecule has 0 radical (unpaired) electrons. The van der Waals surface area contributed by atoms with Crippen molar-refractivity contribution >= 4 is 51.0 Å². The van der Waals surface area contributed by atoms with Crippen LogP contribution in [0.3, 0.4) is 0 Å². The molecule has 2 atom stereocenters. The number of aliphatic imine (C=N–C) groups is 1. The van der Waals surface area contributed by atoms with E-state index in [1.165, 1.54) is 40.5 Å². The highest BCUT2D eigenvalue weighted by atomic mass is 35.5. The van der Waals surface area contributed by atoms with Crippen LogP contribution < -0.4 is 10.1 Å². The number of hydrogen-bond donors (Lipinski definition) is 1. The third-order valence-corrected chi connectivity index (χ3v) is 10.6. The van der Waals surface area contributed by atoms with Crippen LogP contribution in [0.25, 0.3) is 0 Å². The molecule has 3 amide bonds. The lowest BCUT2D eigenvalue weighted by molar-refractivity contribution is -0.123. The third-order valence-electron chi connectivity index (χ3n) is 8.22. The van der Waals surface area contributed by atoms with Gasteiger partial charge in [0.1, 0.15) is 24.2 Å². The molecule has 2 aliphatic rings. The van der Waals surface area contributed by atoms with Crippen molar-refractivity contribution in [3.8, 4) is 5.75 Å². The molecule has 0 aliphatic carbocycles. The molecule has 0 aromatic heterocycles. The smallest absolute Gasteiger partial charge is 0.326 e. The number of carbonyl (C=O) groups is 2. The first-order chi connectivity index (χ1) is 23.6. The molecule has 1 saturated heterocycles. The molecule has 49 heavy (non-hydrogen) atoms. The van der Waals surface area contributed by atoms with Gasteiger partial charge < -0.3 is 24.4 Å². The van der Waals surface area contributed by atoms with Crippen LogP contribution in [-0.4, -0.2) is 107 Å². The molecular formula is C34H39Cl2N5O7S. The van der Waals surface area contributed by atoms with E-state index in [1.807, 2.05) is 31.2 Å². The van der Waals surface area contributed by atoms with Gasteiger partial charge in [0.25, 0.3) is 0 Å². The summed E-state index contributed by atoms with van der Waals surface area (Å²) in [5.41, 5.74) is 1.79. The Morgan fingerprint density at radius 1 is 0.959 bits per heavy atom. The van der Waals surface area contributed by atoms with Gasteiger partial charge in [0.15, 0.2) is 0 Å². The number of rotatable bonds is 13. The summed E-state index contributed by atoms with van der Waals surface area (Å²) in [5.74, 6) is 0.239. The van der Waals surface area contributed by atoms with Gasteiger partial charge in [-0.2, -0.15) is 4.31 Å². The average molecular weight is 733 g/mol. The van der Waals surface area contributed by atoms with Crippen molar-refractivity contribution in [3.05, 3.63) is 93.5 Å². The summed E-state index contributed by atoms with van der Waals surface area (Å²) in [6, 6.07) is 17.0. The first kappa shape index (κ1) is 36.6. The fourth-order valence-corrected chi connectivity index (χ4v) is 7.51. The molecule has 0 spiro atoms. The molecule has 0 saturated carbocycles. The molecular weight excluding hydrogens is 693 g/mol. The molecule has 0 bridgehead atoms. The van der Waals surface area contributed by atoms with Gasteiger partial charge in [0.05, 0.1) is 36.3 Å². The number of nitrogens with one attached hydrogen (secondary N) is 1. The average Bonchev–Trinajstić information content (AvgIpc) is 3.49. The van der Waals surface area contributed by atoms with Crippen molar-refractivity contribution in [3.63, 3.8) is 0 Å². The van der Waals surface area contributed by atoms with E-state index >= 15 is 0 Å².